The van der Waals surface area contributed by atoms with Crippen LogP contribution < -0.4 is 11.1 Å². The molecule has 1 aromatic heterocycles. The first-order valence-corrected chi connectivity index (χ1v) is 9.92. The maximum absolute atomic E-state index is 13.1. The summed E-state index contributed by atoms with van der Waals surface area (Å²) in [5, 5.41) is 7.93. The second-order valence-electron chi connectivity index (χ2n) is 7.53. The molecule has 3 N–H and O–H groups in total. The van der Waals surface area contributed by atoms with E-state index in [0.29, 0.717) is 12.1 Å². The molecule has 0 spiro atoms. The molecule has 144 valence electrons. The van der Waals surface area contributed by atoms with Gasteiger partial charge in [-0.3, -0.25) is 9.48 Å². The standard InChI is InChI=1S/C23H26N4O/c24-19-11-13-20(14-12-19)25-23(28)21-16-27(15-17-7-3-1-4-8-17)26-22(21)18-9-5-2-6-10-18/h1-10,16,19-20H,11-15,24H2,(H,25,28). The van der Waals surface area contributed by atoms with Crippen molar-refractivity contribution < 1.29 is 4.79 Å². The smallest absolute Gasteiger partial charge is 0.255 e. The molecule has 0 bridgehead atoms. The monoisotopic (exact) mass is 374 g/mol. The van der Waals surface area contributed by atoms with Crippen LogP contribution in [0.1, 0.15) is 41.6 Å². The van der Waals surface area contributed by atoms with Gasteiger partial charge in [-0.1, -0.05) is 60.7 Å². The van der Waals surface area contributed by atoms with Gasteiger partial charge in [-0.05, 0) is 31.2 Å². The Hall–Kier alpha value is -2.92. The molecule has 0 unspecified atom stereocenters. The molecule has 5 nitrogen and oxygen atoms in total. The normalized spacial score (nSPS) is 19.3. The summed E-state index contributed by atoms with van der Waals surface area (Å²) < 4.78 is 1.85. The van der Waals surface area contributed by atoms with Gasteiger partial charge in [-0.2, -0.15) is 5.10 Å². The molecule has 0 aliphatic heterocycles. The Morgan fingerprint density at radius 1 is 1.00 bits per heavy atom. The predicted octanol–water partition coefficient (Wildman–Crippen LogP) is 3.60. The summed E-state index contributed by atoms with van der Waals surface area (Å²) in [5.74, 6) is -0.0568. The van der Waals surface area contributed by atoms with Crippen molar-refractivity contribution in [2.45, 2.75) is 44.3 Å². The summed E-state index contributed by atoms with van der Waals surface area (Å²) in [5.41, 5.74) is 9.44. The SMILES string of the molecule is NC1CCC(NC(=O)c2cn(Cc3ccccc3)nc2-c2ccccc2)CC1. The molecule has 1 aliphatic rings. The van der Waals surface area contributed by atoms with Crippen LogP contribution in [-0.4, -0.2) is 27.8 Å². The molecule has 0 saturated heterocycles. The number of carbonyl (C=O) groups excluding carboxylic acids is 1. The van der Waals surface area contributed by atoms with E-state index in [2.05, 4.69) is 17.4 Å². The third-order valence-electron chi connectivity index (χ3n) is 5.35. The summed E-state index contributed by atoms with van der Waals surface area (Å²) in [6, 6.07) is 20.5. The molecular weight excluding hydrogens is 348 g/mol. The number of hydrogen-bond donors (Lipinski definition) is 2. The second-order valence-corrected chi connectivity index (χ2v) is 7.53. The van der Waals surface area contributed by atoms with Gasteiger partial charge in [-0.25, -0.2) is 0 Å². The Morgan fingerprint density at radius 2 is 1.64 bits per heavy atom. The highest BCUT2D eigenvalue weighted by Crippen LogP contribution is 2.24. The average molecular weight is 374 g/mol. The fourth-order valence-electron chi connectivity index (χ4n) is 3.77. The molecule has 4 rings (SSSR count). The Kier molecular flexibility index (Phi) is 5.53. The van der Waals surface area contributed by atoms with E-state index in [1.807, 2.05) is 59.4 Å². The zero-order chi connectivity index (χ0) is 19.3. The number of carbonyl (C=O) groups is 1. The molecule has 1 saturated carbocycles. The van der Waals surface area contributed by atoms with Gasteiger partial charge in [0.1, 0.15) is 5.69 Å². The van der Waals surface area contributed by atoms with Crippen molar-refractivity contribution in [1.29, 1.82) is 0 Å². The van der Waals surface area contributed by atoms with E-state index in [1.54, 1.807) is 0 Å². The van der Waals surface area contributed by atoms with Crippen LogP contribution >= 0.6 is 0 Å². The molecule has 5 heteroatoms. The predicted molar refractivity (Wildman–Crippen MR) is 111 cm³/mol. The van der Waals surface area contributed by atoms with E-state index in [9.17, 15) is 4.79 Å². The van der Waals surface area contributed by atoms with Gasteiger partial charge >= 0.3 is 0 Å². The van der Waals surface area contributed by atoms with Gasteiger partial charge in [0.15, 0.2) is 0 Å². The van der Waals surface area contributed by atoms with E-state index < -0.39 is 0 Å². The molecule has 2 aromatic carbocycles. The Bertz CT molecular complexity index is 912. The minimum atomic E-state index is -0.0568. The van der Waals surface area contributed by atoms with Crippen LogP contribution in [0, 0.1) is 0 Å². The topological polar surface area (TPSA) is 72.9 Å². The summed E-state index contributed by atoms with van der Waals surface area (Å²) in [6.45, 7) is 0.631. The van der Waals surface area contributed by atoms with Gasteiger partial charge in [0, 0.05) is 23.8 Å². The van der Waals surface area contributed by atoms with Crippen molar-refractivity contribution in [1.82, 2.24) is 15.1 Å². The molecule has 1 amide bonds. The molecule has 3 aromatic rings. The number of rotatable bonds is 5. The van der Waals surface area contributed by atoms with Gasteiger partial charge in [0.05, 0.1) is 12.1 Å². The first kappa shape index (κ1) is 18.4. The summed E-state index contributed by atoms with van der Waals surface area (Å²) in [4.78, 5) is 13.1. The van der Waals surface area contributed by atoms with Crippen molar-refractivity contribution >= 4 is 5.91 Å². The summed E-state index contributed by atoms with van der Waals surface area (Å²) in [7, 11) is 0. The van der Waals surface area contributed by atoms with E-state index in [-0.39, 0.29) is 18.0 Å². The van der Waals surface area contributed by atoms with Crippen LogP contribution in [0.15, 0.2) is 66.9 Å². The van der Waals surface area contributed by atoms with Crippen LogP contribution in [0.4, 0.5) is 0 Å². The quantitative estimate of drug-likeness (QED) is 0.717. The highest BCUT2D eigenvalue weighted by molar-refractivity contribution is 6.00. The summed E-state index contributed by atoms with van der Waals surface area (Å²) >= 11 is 0. The van der Waals surface area contributed by atoms with Gasteiger partial charge < -0.3 is 11.1 Å². The van der Waals surface area contributed by atoms with Crippen LogP contribution in [-0.2, 0) is 6.54 Å². The molecule has 0 atom stereocenters. The number of benzene rings is 2. The largest absolute Gasteiger partial charge is 0.349 e. The number of nitrogens with zero attached hydrogens (tertiary/aromatic N) is 2. The Labute approximate surface area is 165 Å². The van der Waals surface area contributed by atoms with Crippen molar-refractivity contribution in [2.24, 2.45) is 5.73 Å². The second kappa shape index (κ2) is 8.40. The zero-order valence-electron chi connectivity index (χ0n) is 15.9. The zero-order valence-corrected chi connectivity index (χ0v) is 15.9. The lowest BCUT2D eigenvalue weighted by Gasteiger charge is -2.26. The number of nitrogens with one attached hydrogen (secondary N) is 1. The van der Waals surface area contributed by atoms with Gasteiger partial charge in [0.25, 0.3) is 5.91 Å². The highest BCUT2D eigenvalue weighted by Gasteiger charge is 2.23. The summed E-state index contributed by atoms with van der Waals surface area (Å²) in [6.07, 6.45) is 5.66. The van der Waals surface area contributed by atoms with E-state index in [0.717, 1.165) is 42.5 Å². The lowest BCUT2D eigenvalue weighted by Crippen LogP contribution is -2.40. The van der Waals surface area contributed by atoms with Crippen LogP contribution in [0.2, 0.25) is 0 Å². The highest BCUT2D eigenvalue weighted by atomic mass is 16.1. The molecule has 1 heterocycles. The number of aromatic nitrogens is 2. The molecule has 1 aliphatic carbocycles. The van der Waals surface area contributed by atoms with Crippen molar-refractivity contribution in [3.05, 3.63) is 78.0 Å². The fourth-order valence-corrected chi connectivity index (χ4v) is 3.77. The lowest BCUT2D eigenvalue weighted by atomic mass is 9.91. The third-order valence-corrected chi connectivity index (χ3v) is 5.35. The van der Waals surface area contributed by atoms with Crippen molar-refractivity contribution in [3.63, 3.8) is 0 Å². The average Bonchev–Trinajstić information content (AvgIpc) is 3.15. The van der Waals surface area contributed by atoms with Gasteiger partial charge in [-0.15, -0.1) is 0 Å². The van der Waals surface area contributed by atoms with Gasteiger partial charge in [0.2, 0.25) is 0 Å². The molecule has 1 fully saturated rings. The van der Waals surface area contributed by atoms with E-state index in [1.165, 1.54) is 0 Å². The molecule has 0 radical (unpaired) electrons. The van der Waals surface area contributed by atoms with Crippen LogP contribution in [0.3, 0.4) is 0 Å². The number of nitrogens with two attached hydrogens (primary N) is 1. The maximum Gasteiger partial charge on any atom is 0.255 e. The van der Waals surface area contributed by atoms with E-state index in [4.69, 9.17) is 10.8 Å². The van der Waals surface area contributed by atoms with Crippen LogP contribution in [0.5, 0.6) is 0 Å². The third kappa shape index (κ3) is 4.31. The number of amides is 1. The molecule has 28 heavy (non-hydrogen) atoms. The minimum absolute atomic E-state index is 0.0568. The van der Waals surface area contributed by atoms with E-state index >= 15 is 0 Å². The van der Waals surface area contributed by atoms with Crippen LogP contribution in [0.25, 0.3) is 11.3 Å². The van der Waals surface area contributed by atoms with Crippen molar-refractivity contribution in [3.8, 4) is 11.3 Å². The first-order valence-electron chi connectivity index (χ1n) is 9.92. The minimum Gasteiger partial charge on any atom is -0.349 e. The maximum atomic E-state index is 13.1. The Balaban J connectivity index is 1.59. The lowest BCUT2D eigenvalue weighted by molar-refractivity contribution is 0.0926. The molecular formula is C23H26N4O. The van der Waals surface area contributed by atoms with Crippen molar-refractivity contribution in [2.75, 3.05) is 0 Å². The fraction of sp³-hybridized carbons (Fsp3) is 0.304. The number of hydrogen-bond acceptors (Lipinski definition) is 3. The Morgan fingerprint density at radius 3 is 2.32 bits per heavy atom. The first-order chi connectivity index (χ1) is 13.7.